The summed E-state index contributed by atoms with van der Waals surface area (Å²) >= 11 is 0. The molecule has 1 unspecified atom stereocenters. The van der Waals surface area contributed by atoms with E-state index >= 15 is 0 Å². The summed E-state index contributed by atoms with van der Waals surface area (Å²) in [6.45, 7) is 7.42. The highest BCUT2D eigenvalue weighted by molar-refractivity contribution is 5.74. The number of unbranched alkanes of at least 4 members (excludes halogenated alkanes) is 14. The molecule has 0 spiro atoms. The molecule has 0 saturated carbocycles. The van der Waals surface area contributed by atoms with E-state index in [9.17, 15) is 4.79 Å². The SMILES string of the molecule is CCCCCCCCCCCCCCCCC(OCC)C(=O)OCCCC. The molecule has 0 heterocycles. The van der Waals surface area contributed by atoms with Crippen LogP contribution in [0.5, 0.6) is 0 Å². The molecule has 0 radical (unpaired) electrons. The van der Waals surface area contributed by atoms with E-state index in [-0.39, 0.29) is 12.1 Å². The summed E-state index contributed by atoms with van der Waals surface area (Å²) in [5.74, 6) is -0.167. The van der Waals surface area contributed by atoms with Crippen molar-refractivity contribution in [3.8, 4) is 0 Å². The van der Waals surface area contributed by atoms with Gasteiger partial charge in [0.15, 0.2) is 6.10 Å². The quantitative estimate of drug-likeness (QED) is 0.151. The lowest BCUT2D eigenvalue weighted by Gasteiger charge is -2.15. The fraction of sp³-hybridized carbons (Fsp3) is 0.958. The van der Waals surface area contributed by atoms with Gasteiger partial charge in [-0.05, 0) is 19.8 Å². The molecule has 0 rings (SSSR count). The number of carbonyl (C=O) groups is 1. The van der Waals surface area contributed by atoms with Crippen LogP contribution in [0.3, 0.4) is 0 Å². The summed E-state index contributed by atoms with van der Waals surface area (Å²) in [5, 5.41) is 0. The van der Waals surface area contributed by atoms with E-state index < -0.39 is 0 Å². The molecule has 0 amide bonds. The van der Waals surface area contributed by atoms with Crippen LogP contribution in [0, 0.1) is 0 Å². The van der Waals surface area contributed by atoms with Gasteiger partial charge in [0.25, 0.3) is 0 Å². The van der Waals surface area contributed by atoms with Gasteiger partial charge in [-0.15, -0.1) is 0 Å². The predicted molar refractivity (Wildman–Crippen MR) is 116 cm³/mol. The van der Waals surface area contributed by atoms with Crippen LogP contribution in [0.25, 0.3) is 0 Å². The standard InChI is InChI=1S/C24H48O3/c1-4-7-9-10-11-12-13-14-15-16-17-18-19-20-21-23(26-6-3)24(25)27-22-8-5-2/h23H,4-22H2,1-3H3. The smallest absolute Gasteiger partial charge is 0.335 e. The summed E-state index contributed by atoms with van der Waals surface area (Å²) in [6.07, 6.45) is 21.3. The van der Waals surface area contributed by atoms with Gasteiger partial charge in [0.2, 0.25) is 0 Å². The monoisotopic (exact) mass is 384 g/mol. The van der Waals surface area contributed by atoms with E-state index in [1.807, 2.05) is 6.92 Å². The van der Waals surface area contributed by atoms with Gasteiger partial charge >= 0.3 is 5.97 Å². The van der Waals surface area contributed by atoms with E-state index in [1.165, 1.54) is 83.5 Å². The number of ether oxygens (including phenoxy) is 2. The third-order valence-electron chi connectivity index (χ3n) is 5.19. The zero-order valence-corrected chi connectivity index (χ0v) is 18.7. The van der Waals surface area contributed by atoms with Crippen LogP contribution in [-0.2, 0) is 14.3 Å². The summed E-state index contributed by atoms with van der Waals surface area (Å²) in [5.41, 5.74) is 0. The summed E-state index contributed by atoms with van der Waals surface area (Å²) in [4.78, 5) is 12.0. The van der Waals surface area contributed by atoms with Gasteiger partial charge in [-0.25, -0.2) is 4.79 Å². The van der Waals surface area contributed by atoms with Gasteiger partial charge in [0, 0.05) is 6.61 Å². The van der Waals surface area contributed by atoms with Crippen molar-refractivity contribution in [1.82, 2.24) is 0 Å². The summed E-state index contributed by atoms with van der Waals surface area (Å²) < 4.78 is 10.9. The second-order valence-corrected chi connectivity index (χ2v) is 7.85. The first-order chi connectivity index (χ1) is 13.3. The Hall–Kier alpha value is -0.570. The highest BCUT2D eigenvalue weighted by Gasteiger charge is 2.19. The Bertz CT molecular complexity index is 304. The molecular weight excluding hydrogens is 336 g/mol. The summed E-state index contributed by atoms with van der Waals surface area (Å²) in [7, 11) is 0. The lowest BCUT2D eigenvalue weighted by atomic mass is 10.0. The Morgan fingerprint density at radius 3 is 1.52 bits per heavy atom. The largest absolute Gasteiger partial charge is 0.464 e. The zero-order valence-electron chi connectivity index (χ0n) is 18.7. The van der Waals surface area contributed by atoms with Crippen LogP contribution < -0.4 is 0 Å². The Balaban J connectivity index is 3.45. The first kappa shape index (κ1) is 26.4. The molecule has 0 aliphatic carbocycles. The van der Waals surface area contributed by atoms with E-state index in [0.717, 1.165) is 25.7 Å². The molecule has 0 aromatic heterocycles. The lowest BCUT2D eigenvalue weighted by Crippen LogP contribution is -2.27. The van der Waals surface area contributed by atoms with Crippen molar-refractivity contribution in [3.63, 3.8) is 0 Å². The average molecular weight is 385 g/mol. The first-order valence-electron chi connectivity index (χ1n) is 12.0. The van der Waals surface area contributed by atoms with Crippen LogP contribution in [-0.4, -0.2) is 25.3 Å². The molecule has 0 fully saturated rings. The Kier molecular flexibility index (Phi) is 21.3. The highest BCUT2D eigenvalue weighted by Crippen LogP contribution is 2.15. The van der Waals surface area contributed by atoms with Crippen LogP contribution >= 0.6 is 0 Å². The molecule has 0 aliphatic rings. The van der Waals surface area contributed by atoms with E-state index in [0.29, 0.717) is 13.2 Å². The molecule has 1 atom stereocenters. The predicted octanol–water partition coefficient (Wildman–Crippen LogP) is 7.61. The Labute approximate surface area is 170 Å². The Morgan fingerprint density at radius 2 is 1.07 bits per heavy atom. The molecular formula is C24H48O3. The average Bonchev–Trinajstić information content (AvgIpc) is 2.67. The molecule has 0 N–H and O–H groups in total. The number of esters is 1. The van der Waals surface area contributed by atoms with Crippen LogP contribution in [0.2, 0.25) is 0 Å². The summed E-state index contributed by atoms with van der Waals surface area (Å²) in [6, 6.07) is 0. The van der Waals surface area contributed by atoms with Crippen molar-refractivity contribution in [2.45, 2.75) is 136 Å². The maximum Gasteiger partial charge on any atom is 0.335 e. The van der Waals surface area contributed by atoms with E-state index in [2.05, 4.69) is 13.8 Å². The molecule has 27 heavy (non-hydrogen) atoms. The molecule has 3 nitrogen and oxygen atoms in total. The minimum Gasteiger partial charge on any atom is -0.464 e. The zero-order chi connectivity index (χ0) is 20.0. The highest BCUT2D eigenvalue weighted by atomic mass is 16.6. The normalized spacial score (nSPS) is 12.3. The third-order valence-corrected chi connectivity index (χ3v) is 5.19. The number of rotatable bonds is 21. The second kappa shape index (κ2) is 21.7. The Morgan fingerprint density at radius 1 is 0.630 bits per heavy atom. The van der Waals surface area contributed by atoms with Gasteiger partial charge in [-0.1, -0.05) is 110 Å². The third kappa shape index (κ3) is 18.6. The maximum atomic E-state index is 12.0. The van der Waals surface area contributed by atoms with Gasteiger partial charge in [0.05, 0.1) is 6.61 Å². The van der Waals surface area contributed by atoms with Crippen molar-refractivity contribution in [1.29, 1.82) is 0 Å². The minimum absolute atomic E-state index is 0.167. The first-order valence-corrected chi connectivity index (χ1v) is 12.0. The van der Waals surface area contributed by atoms with Gasteiger partial charge in [-0.3, -0.25) is 0 Å². The van der Waals surface area contributed by atoms with Crippen molar-refractivity contribution in [2.75, 3.05) is 13.2 Å². The van der Waals surface area contributed by atoms with Gasteiger partial charge in [-0.2, -0.15) is 0 Å². The van der Waals surface area contributed by atoms with Crippen LogP contribution in [0.1, 0.15) is 130 Å². The molecule has 162 valence electrons. The van der Waals surface area contributed by atoms with E-state index in [4.69, 9.17) is 9.47 Å². The lowest BCUT2D eigenvalue weighted by molar-refractivity contribution is -0.157. The van der Waals surface area contributed by atoms with Crippen molar-refractivity contribution < 1.29 is 14.3 Å². The maximum absolute atomic E-state index is 12.0. The molecule has 0 aromatic carbocycles. The van der Waals surface area contributed by atoms with E-state index in [1.54, 1.807) is 0 Å². The van der Waals surface area contributed by atoms with Crippen LogP contribution in [0.4, 0.5) is 0 Å². The number of hydrogen-bond donors (Lipinski definition) is 0. The van der Waals surface area contributed by atoms with Crippen molar-refractivity contribution in [2.24, 2.45) is 0 Å². The van der Waals surface area contributed by atoms with Gasteiger partial charge in [0.1, 0.15) is 0 Å². The van der Waals surface area contributed by atoms with Crippen molar-refractivity contribution in [3.05, 3.63) is 0 Å². The fourth-order valence-electron chi connectivity index (χ4n) is 3.40. The van der Waals surface area contributed by atoms with Gasteiger partial charge < -0.3 is 9.47 Å². The second-order valence-electron chi connectivity index (χ2n) is 7.85. The fourth-order valence-corrected chi connectivity index (χ4v) is 3.40. The molecule has 0 aromatic rings. The molecule has 0 bridgehead atoms. The minimum atomic E-state index is -0.357. The van der Waals surface area contributed by atoms with Crippen molar-refractivity contribution >= 4 is 5.97 Å². The van der Waals surface area contributed by atoms with Crippen LogP contribution in [0.15, 0.2) is 0 Å². The molecule has 0 saturated heterocycles. The molecule has 0 aliphatic heterocycles. The topological polar surface area (TPSA) is 35.5 Å². The number of carbonyl (C=O) groups excluding carboxylic acids is 1. The number of hydrogen-bond acceptors (Lipinski definition) is 3. The molecule has 3 heteroatoms.